The Morgan fingerprint density at radius 3 is 2.46 bits per heavy atom. The first-order valence-electron chi connectivity index (χ1n) is 8.87. The van der Waals surface area contributed by atoms with Crippen molar-refractivity contribution in [1.82, 2.24) is 15.8 Å². The number of benzene rings is 2. The number of hydrogen-bond donors (Lipinski definition) is 3. The first kappa shape index (κ1) is 18.1. The maximum atomic E-state index is 12.8. The zero-order valence-electron chi connectivity index (χ0n) is 14.7. The van der Waals surface area contributed by atoms with Crippen molar-refractivity contribution in [3.63, 3.8) is 0 Å². The molecule has 2 amide bonds. The number of amides is 2. The lowest BCUT2D eigenvalue weighted by Gasteiger charge is -2.23. The number of carbonyl (C=O) groups excluding carboxylic acids is 2. The van der Waals surface area contributed by atoms with Crippen LogP contribution in [0.15, 0.2) is 54.6 Å². The molecule has 26 heavy (non-hydrogen) atoms. The molecule has 6 nitrogen and oxygen atoms in total. The second-order valence-electron chi connectivity index (χ2n) is 6.39. The fourth-order valence-corrected chi connectivity index (χ4v) is 3.05. The van der Waals surface area contributed by atoms with E-state index in [2.05, 4.69) is 10.7 Å². The molecule has 0 aliphatic carbocycles. The SMILES string of the molecule is NCc1cccc(C(=O)NC(C(=O)NN2CCCC2)c2ccccc2)c1. The van der Waals surface area contributed by atoms with Gasteiger partial charge in [-0.15, -0.1) is 0 Å². The molecule has 1 aliphatic heterocycles. The van der Waals surface area contributed by atoms with Gasteiger partial charge in [-0.1, -0.05) is 42.5 Å². The van der Waals surface area contributed by atoms with Crippen molar-refractivity contribution in [1.29, 1.82) is 0 Å². The lowest BCUT2D eigenvalue weighted by molar-refractivity contribution is -0.127. The lowest BCUT2D eigenvalue weighted by atomic mass is 10.0. The van der Waals surface area contributed by atoms with E-state index in [1.807, 2.05) is 41.4 Å². The molecule has 0 spiro atoms. The number of hydrazine groups is 1. The minimum Gasteiger partial charge on any atom is -0.336 e. The average Bonchev–Trinajstić information content (AvgIpc) is 3.19. The van der Waals surface area contributed by atoms with Crippen molar-refractivity contribution >= 4 is 11.8 Å². The second kappa shape index (κ2) is 8.60. The van der Waals surface area contributed by atoms with Crippen molar-refractivity contribution in [3.8, 4) is 0 Å². The van der Waals surface area contributed by atoms with Gasteiger partial charge in [-0.2, -0.15) is 0 Å². The molecule has 0 saturated carbocycles. The predicted molar refractivity (Wildman–Crippen MR) is 99.9 cm³/mol. The zero-order valence-corrected chi connectivity index (χ0v) is 14.7. The van der Waals surface area contributed by atoms with Gasteiger partial charge in [0.1, 0.15) is 6.04 Å². The average molecular weight is 352 g/mol. The van der Waals surface area contributed by atoms with E-state index in [9.17, 15) is 9.59 Å². The van der Waals surface area contributed by atoms with Crippen molar-refractivity contribution in [2.75, 3.05) is 13.1 Å². The third-order valence-electron chi connectivity index (χ3n) is 4.47. The topological polar surface area (TPSA) is 87.5 Å². The van der Waals surface area contributed by atoms with Crippen LogP contribution in [0, 0.1) is 0 Å². The van der Waals surface area contributed by atoms with Crippen LogP contribution in [0.25, 0.3) is 0 Å². The van der Waals surface area contributed by atoms with Crippen LogP contribution in [0.3, 0.4) is 0 Å². The van der Waals surface area contributed by atoms with E-state index in [-0.39, 0.29) is 11.8 Å². The number of rotatable bonds is 6. The van der Waals surface area contributed by atoms with Crippen LogP contribution in [0.5, 0.6) is 0 Å². The maximum Gasteiger partial charge on any atom is 0.261 e. The Morgan fingerprint density at radius 2 is 1.77 bits per heavy atom. The van der Waals surface area contributed by atoms with Gasteiger partial charge in [0.15, 0.2) is 0 Å². The quantitative estimate of drug-likeness (QED) is 0.739. The van der Waals surface area contributed by atoms with Gasteiger partial charge in [0, 0.05) is 25.2 Å². The van der Waals surface area contributed by atoms with E-state index in [1.165, 1.54) is 0 Å². The largest absolute Gasteiger partial charge is 0.336 e. The van der Waals surface area contributed by atoms with Gasteiger partial charge >= 0.3 is 0 Å². The van der Waals surface area contributed by atoms with Crippen LogP contribution in [-0.2, 0) is 11.3 Å². The Balaban J connectivity index is 1.78. The van der Waals surface area contributed by atoms with E-state index in [0.29, 0.717) is 12.1 Å². The first-order valence-corrected chi connectivity index (χ1v) is 8.87. The fraction of sp³-hybridized carbons (Fsp3) is 0.300. The molecular weight excluding hydrogens is 328 g/mol. The third-order valence-corrected chi connectivity index (χ3v) is 4.47. The van der Waals surface area contributed by atoms with E-state index in [1.54, 1.807) is 18.2 Å². The molecule has 1 fully saturated rings. The Hall–Kier alpha value is -2.70. The highest BCUT2D eigenvalue weighted by Gasteiger charge is 2.25. The van der Waals surface area contributed by atoms with Crippen LogP contribution in [-0.4, -0.2) is 29.9 Å². The monoisotopic (exact) mass is 352 g/mol. The summed E-state index contributed by atoms with van der Waals surface area (Å²) < 4.78 is 0. The molecule has 4 N–H and O–H groups in total. The van der Waals surface area contributed by atoms with Crippen LogP contribution < -0.4 is 16.5 Å². The molecule has 0 aromatic heterocycles. The predicted octanol–water partition coefficient (Wildman–Crippen LogP) is 1.74. The van der Waals surface area contributed by atoms with Crippen molar-refractivity contribution < 1.29 is 9.59 Å². The van der Waals surface area contributed by atoms with E-state index >= 15 is 0 Å². The number of hydrogen-bond acceptors (Lipinski definition) is 4. The molecule has 1 heterocycles. The van der Waals surface area contributed by atoms with Gasteiger partial charge in [-0.05, 0) is 36.1 Å². The molecule has 6 heteroatoms. The van der Waals surface area contributed by atoms with Gasteiger partial charge in [-0.25, -0.2) is 5.01 Å². The highest BCUT2D eigenvalue weighted by molar-refractivity contribution is 5.97. The summed E-state index contributed by atoms with van der Waals surface area (Å²) in [4.78, 5) is 25.5. The van der Waals surface area contributed by atoms with E-state index in [0.717, 1.165) is 37.1 Å². The molecule has 136 valence electrons. The van der Waals surface area contributed by atoms with Crippen LogP contribution in [0.2, 0.25) is 0 Å². The number of nitrogens with two attached hydrogens (primary N) is 1. The first-order chi connectivity index (χ1) is 12.7. The Kier molecular flexibility index (Phi) is 5.99. The molecule has 2 aromatic carbocycles. The molecule has 0 radical (unpaired) electrons. The minimum absolute atomic E-state index is 0.235. The summed E-state index contributed by atoms with van der Waals surface area (Å²) in [6, 6.07) is 15.6. The van der Waals surface area contributed by atoms with Crippen molar-refractivity contribution in [2.24, 2.45) is 5.73 Å². The highest BCUT2D eigenvalue weighted by Crippen LogP contribution is 2.16. The molecule has 2 aromatic rings. The van der Waals surface area contributed by atoms with Gasteiger partial charge < -0.3 is 11.1 Å². The summed E-state index contributed by atoms with van der Waals surface area (Å²) in [6.07, 6.45) is 2.13. The normalized spacial score (nSPS) is 15.4. The van der Waals surface area contributed by atoms with Gasteiger partial charge in [-0.3, -0.25) is 15.0 Å². The van der Waals surface area contributed by atoms with Crippen molar-refractivity contribution in [2.45, 2.75) is 25.4 Å². The van der Waals surface area contributed by atoms with E-state index in [4.69, 9.17) is 5.73 Å². The van der Waals surface area contributed by atoms with Crippen LogP contribution in [0.4, 0.5) is 0 Å². The van der Waals surface area contributed by atoms with Gasteiger partial charge in [0.25, 0.3) is 11.8 Å². The molecule has 1 atom stereocenters. The summed E-state index contributed by atoms with van der Waals surface area (Å²) >= 11 is 0. The van der Waals surface area contributed by atoms with Crippen LogP contribution in [0.1, 0.15) is 40.4 Å². The molecule has 0 bridgehead atoms. The summed E-state index contributed by atoms with van der Waals surface area (Å²) in [5, 5.41) is 4.76. The van der Waals surface area contributed by atoms with Gasteiger partial charge in [0.2, 0.25) is 0 Å². The molecule has 3 rings (SSSR count). The molecular formula is C20H24N4O2. The zero-order chi connectivity index (χ0) is 18.4. The van der Waals surface area contributed by atoms with E-state index < -0.39 is 6.04 Å². The number of nitrogens with one attached hydrogen (secondary N) is 2. The smallest absolute Gasteiger partial charge is 0.261 e. The summed E-state index contributed by atoms with van der Waals surface area (Å²) in [7, 11) is 0. The maximum absolute atomic E-state index is 12.8. The standard InChI is InChI=1S/C20H24N4O2/c21-14-15-7-6-10-17(13-15)19(25)22-18(16-8-2-1-3-9-16)20(26)23-24-11-4-5-12-24/h1-3,6-10,13,18H,4-5,11-12,14,21H2,(H,22,25)(H,23,26). The third kappa shape index (κ3) is 4.47. The summed E-state index contributed by atoms with van der Waals surface area (Å²) in [6.45, 7) is 2.03. The lowest BCUT2D eigenvalue weighted by Crippen LogP contribution is -2.47. The molecule has 1 unspecified atom stereocenters. The molecule has 1 saturated heterocycles. The minimum atomic E-state index is -0.758. The van der Waals surface area contributed by atoms with Crippen molar-refractivity contribution in [3.05, 3.63) is 71.3 Å². The summed E-state index contributed by atoms with van der Waals surface area (Å²) in [5.74, 6) is -0.535. The Morgan fingerprint density at radius 1 is 1.04 bits per heavy atom. The van der Waals surface area contributed by atoms with Crippen LogP contribution >= 0.6 is 0 Å². The fourth-order valence-electron chi connectivity index (χ4n) is 3.05. The summed E-state index contributed by atoms with van der Waals surface area (Å²) in [5.41, 5.74) is 10.7. The van der Waals surface area contributed by atoms with Gasteiger partial charge in [0.05, 0.1) is 0 Å². The number of nitrogens with zero attached hydrogens (tertiary/aromatic N) is 1. The highest BCUT2D eigenvalue weighted by atomic mass is 16.2. The Labute approximate surface area is 153 Å². The molecule has 1 aliphatic rings. The second-order valence-corrected chi connectivity index (χ2v) is 6.39. The number of carbonyl (C=O) groups is 2. The Bertz CT molecular complexity index is 757.